The van der Waals surface area contributed by atoms with Gasteiger partial charge in [-0.15, -0.1) is 0 Å². The number of hydrogen-bond donors (Lipinski definition) is 2. The van der Waals surface area contributed by atoms with E-state index in [-0.39, 0.29) is 12.6 Å². The van der Waals surface area contributed by atoms with Gasteiger partial charge in [0.25, 0.3) is 0 Å². The molecule has 0 spiro atoms. The molecule has 0 saturated heterocycles. The standard InChI is InChI=1S/C14H19NO4/c1-15(11-7-12(16)13(17)8-11)14(18)19-9-10-5-3-2-4-6-10/h2-6,11-13,16-17H,7-9H2,1H3/t11?,12-,13?/m0/s1. The van der Waals surface area contributed by atoms with Gasteiger partial charge in [0.05, 0.1) is 12.2 Å². The fraction of sp³-hybridized carbons (Fsp3) is 0.500. The van der Waals surface area contributed by atoms with E-state index in [0.29, 0.717) is 12.8 Å². The number of benzene rings is 1. The van der Waals surface area contributed by atoms with Gasteiger partial charge in [-0.05, 0) is 18.4 Å². The zero-order chi connectivity index (χ0) is 13.8. The third-order valence-corrected chi connectivity index (χ3v) is 3.51. The highest BCUT2D eigenvalue weighted by atomic mass is 16.6. The molecule has 2 rings (SSSR count). The van der Waals surface area contributed by atoms with Crippen LogP contribution in [0.3, 0.4) is 0 Å². The van der Waals surface area contributed by atoms with Crippen LogP contribution >= 0.6 is 0 Å². The van der Waals surface area contributed by atoms with E-state index in [2.05, 4.69) is 0 Å². The lowest BCUT2D eigenvalue weighted by molar-refractivity contribution is 0.0438. The number of carbonyl (C=O) groups is 1. The average molecular weight is 265 g/mol. The summed E-state index contributed by atoms with van der Waals surface area (Å²) in [6.07, 6.45) is -1.17. The molecule has 1 amide bonds. The molecule has 1 aromatic carbocycles. The molecule has 3 atom stereocenters. The van der Waals surface area contributed by atoms with E-state index < -0.39 is 18.3 Å². The second kappa shape index (κ2) is 6.04. The average Bonchev–Trinajstić information content (AvgIpc) is 2.76. The summed E-state index contributed by atoms with van der Waals surface area (Å²) in [5.41, 5.74) is 0.927. The van der Waals surface area contributed by atoms with E-state index in [1.807, 2.05) is 30.3 Å². The van der Waals surface area contributed by atoms with E-state index in [1.165, 1.54) is 4.90 Å². The van der Waals surface area contributed by atoms with Crippen molar-refractivity contribution in [3.8, 4) is 0 Å². The number of aliphatic hydroxyl groups excluding tert-OH is 2. The summed E-state index contributed by atoms with van der Waals surface area (Å²) in [7, 11) is 1.63. The molecule has 1 aliphatic rings. The van der Waals surface area contributed by atoms with Gasteiger partial charge in [-0.25, -0.2) is 4.79 Å². The topological polar surface area (TPSA) is 70.0 Å². The first-order valence-corrected chi connectivity index (χ1v) is 6.37. The molecule has 0 bridgehead atoms. The molecule has 104 valence electrons. The van der Waals surface area contributed by atoms with Crippen molar-refractivity contribution in [1.82, 2.24) is 4.90 Å². The molecule has 2 unspecified atom stereocenters. The molecular weight excluding hydrogens is 246 g/mol. The van der Waals surface area contributed by atoms with Crippen molar-refractivity contribution < 1.29 is 19.7 Å². The normalized spacial score (nSPS) is 26.2. The number of ether oxygens (including phenoxy) is 1. The van der Waals surface area contributed by atoms with Crippen LogP contribution in [0.15, 0.2) is 30.3 Å². The molecule has 5 heteroatoms. The predicted octanol–water partition coefficient (Wildman–Crippen LogP) is 1.14. The number of hydrogen-bond acceptors (Lipinski definition) is 4. The summed E-state index contributed by atoms with van der Waals surface area (Å²) in [5.74, 6) is 0. The van der Waals surface area contributed by atoms with Gasteiger partial charge in [-0.1, -0.05) is 30.3 Å². The molecule has 2 N–H and O–H groups in total. The van der Waals surface area contributed by atoms with Crippen LogP contribution in [0.25, 0.3) is 0 Å². The molecule has 1 fully saturated rings. The highest BCUT2D eigenvalue weighted by Crippen LogP contribution is 2.24. The Morgan fingerprint density at radius 2 is 1.84 bits per heavy atom. The van der Waals surface area contributed by atoms with Crippen LogP contribution in [-0.2, 0) is 11.3 Å². The van der Waals surface area contributed by atoms with Crippen molar-refractivity contribution in [2.24, 2.45) is 0 Å². The molecule has 19 heavy (non-hydrogen) atoms. The van der Waals surface area contributed by atoms with Crippen LogP contribution in [-0.4, -0.2) is 46.5 Å². The van der Waals surface area contributed by atoms with Crippen LogP contribution < -0.4 is 0 Å². The van der Waals surface area contributed by atoms with Crippen LogP contribution in [0, 0.1) is 0 Å². The fourth-order valence-corrected chi connectivity index (χ4v) is 2.25. The van der Waals surface area contributed by atoms with Gasteiger partial charge in [0, 0.05) is 13.1 Å². The fourth-order valence-electron chi connectivity index (χ4n) is 2.25. The Hall–Kier alpha value is -1.59. The number of carbonyl (C=O) groups excluding carboxylic acids is 1. The minimum atomic E-state index is -0.755. The lowest BCUT2D eigenvalue weighted by atomic mass is 10.2. The summed E-state index contributed by atoms with van der Waals surface area (Å²) in [6, 6.07) is 9.27. The van der Waals surface area contributed by atoms with Gasteiger partial charge >= 0.3 is 6.09 Å². The Labute approximate surface area is 112 Å². The zero-order valence-corrected chi connectivity index (χ0v) is 10.9. The van der Waals surface area contributed by atoms with Crippen LogP contribution in [0.1, 0.15) is 18.4 Å². The maximum Gasteiger partial charge on any atom is 0.410 e. The minimum Gasteiger partial charge on any atom is -0.445 e. The van der Waals surface area contributed by atoms with Gasteiger partial charge < -0.3 is 19.8 Å². The van der Waals surface area contributed by atoms with Crippen LogP contribution in [0.2, 0.25) is 0 Å². The van der Waals surface area contributed by atoms with Crippen molar-refractivity contribution in [2.45, 2.75) is 37.7 Å². The molecular formula is C14H19NO4. The van der Waals surface area contributed by atoms with Crippen LogP contribution in [0.4, 0.5) is 4.79 Å². The first-order valence-electron chi connectivity index (χ1n) is 6.37. The Bertz CT molecular complexity index is 413. The number of aliphatic hydroxyl groups is 2. The third-order valence-electron chi connectivity index (χ3n) is 3.51. The lowest BCUT2D eigenvalue weighted by Gasteiger charge is -2.23. The van der Waals surface area contributed by atoms with E-state index in [4.69, 9.17) is 4.74 Å². The van der Waals surface area contributed by atoms with Gasteiger partial charge in [0.2, 0.25) is 0 Å². The van der Waals surface area contributed by atoms with Crippen molar-refractivity contribution in [3.05, 3.63) is 35.9 Å². The van der Waals surface area contributed by atoms with Gasteiger partial charge in [-0.3, -0.25) is 0 Å². The largest absolute Gasteiger partial charge is 0.445 e. The third kappa shape index (κ3) is 3.45. The highest BCUT2D eigenvalue weighted by molar-refractivity contribution is 5.67. The Kier molecular flexibility index (Phi) is 4.39. The summed E-state index contributed by atoms with van der Waals surface area (Å²) >= 11 is 0. The first-order chi connectivity index (χ1) is 9.08. The number of rotatable bonds is 3. The summed E-state index contributed by atoms with van der Waals surface area (Å²) in [4.78, 5) is 13.3. The molecule has 0 heterocycles. The molecule has 1 aliphatic carbocycles. The number of nitrogens with zero attached hydrogens (tertiary/aromatic N) is 1. The second-order valence-corrected chi connectivity index (χ2v) is 4.91. The molecule has 5 nitrogen and oxygen atoms in total. The van der Waals surface area contributed by atoms with E-state index in [9.17, 15) is 15.0 Å². The quantitative estimate of drug-likeness (QED) is 0.860. The maximum absolute atomic E-state index is 11.9. The monoisotopic (exact) mass is 265 g/mol. The van der Waals surface area contributed by atoms with Gasteiger partial charge in [0.15, 0.2) is 0 Å². The lowest BCUT2D eigenvalue weighted by Crippen LogP contribution is -2.36. The van der Waals surface area contributed by atoms with Crippen molar-refractivity contribution in [1.29, 1.82) is 0 Å². The van der Waals surface area contributed by atoms with Gasteiger partial charge in [0.1, 0.15) is 6.61 Å². The summed E-state index contributed by atoms with van der Waals surface area (Å²) in [5, 5.41) is 19.0. The number of amides is 1. The second-order valence-electron chi connectivity index (χ2n) is 4.91. The molecule has 0 aliphatic heterocycles. The Morgan fingerprint density at radius 3 is 2.42 bits per heavy atom. The maximum atomic E-state index is 11.9. The summed E-state index contributed by atoms with van der Waals surface area (Å²) < 4.78 is 5.20. The van der Waals surface area contributed by atoms with E-state index >= 15 is 0 Å². The van der Waals surface area contributed by atoms with Gasteiger partial charge in [-0.2, -0.15) is 0 Å². The van der Waals surface area contributed by atoms with E-state index in [0.717, 1.165) is 5.56 Å². The van der Waals surface area contributed by atoms with Crippen LogP contribution in [0.5, 0.6) is 0 Å². The molecule has 1 saturated carbocycles. The minimum absolute atomic E-state index is 0.173. The summed E-state index contributed by atoms with van der Waals surface area (Å²) in [6.45, 7) is 0.224. The predicted molar refractivity (Wildman–Crippen MR) is 69.4 cm³/mol. The molecule has 0 aromatic heterocycles. The van der Waals surface area contributed by atoms with Crippen molar-refractivity contribution in [2.75, 3.05) is 7.05 Å². The van der Waals surface area contributed by atoms with Crippen molar-refractivity contribution >= 4 is 6.09 Å². The van der Waals surface area contributed by atoms with Crippen molar-refractivity contribution in [3.63, 3.8) is 0 Å². The smallest absolute Gasteiger partial charge is 0.410 e. The Balaban J connectivity index is 1.83. The van der Waals surface area contributed by atoms with E-state index in [1.54, 1.807) is 7.05 Å². The highest BCUT2D eigenvalue weighted by Gasteiger charge is 2.35. The first kappa shape index (κ1) is 13.8. The SMILES string of the molecule is CN(C(=O)OCc1ccccc1)C1CC(O)[C@@H](O)C1. The zero-order valence-electron chi connectivity index (χ0n) is 10.9. The molecule has 0 radical (unpaired) electrons. The molecule has 1 aromatic rings. The Morgan fingerprint density at radius 1 is 1.26 bits per heavy atom.